The highest BCUT2D eigenvalue weighted by atomic mass is 35.5. The molecule has 0 amide bonds. The summed E-state index contributed by atoms with van der Waals surface area (Å²) in [4.78, 5) is 0. The van der Waals surface area contributed by atoms with Crippen molar-refractivity contribution < 1.29 is 0 Å². The summed E-state index contributed by atoms with van der Waals surface area (Å²) >= 11 is 12.1. The van der Waals surface area contributed by atoms with E-state index < -0.39 is 0 Å². The fraction of sp³-hybridized carbons (Fsp3) is 1.00. The molecule has 0 aliphatic carbocycles. The van der Waals surface area contributed by atoms with Crippen molar-refractivity contribution in [1.82, 2.24) is 8.84 Å². The zero-order chi connectivity index (χ0) is 8.86. The molecule has 1 fully saturated rings. The Morgan fingerprint density at radius 3 is 1.64 bits per heavy atom. The lowest BCUT2D eigenvalue weighted by Gasteiger charge is -2.33. The minimum Gasteiger partial charge on any atom is -0.198 e. The molecule has 0 aromatic carbocycles. The van der Waals surface area contributed by atoms with E-state index in [0.717, 1.165) is 6.54 Å². The molecule has 0 aromatic rings. The second-order valence-corrected chi connectivity index (χ2v) is 4.85. The number of hydrogen-bond acceptors (Lipinski definition) is 2. The predicted molar refractivity (Wildman–Crippen MR) is 48.4 cm³/mol. The number of halogens is 2. The minimum atomic E-state index is -0.257. The zero-order valence-electron chi connectivity index (χ0n) is 7.36. The maximum atomic E-state index is 6.10. The molecule has 0 saturated carbocycles. The van der Waals surface area contributed by atoms with Crippen LogP contribution in [0.4, 0.5) is 0 Å². The van der Waals surface area contributed by atoms with Crippen LogP contribution in [0, 0.1) is 0 Å². The zero-order valence-corrected chi connectivity index (χ0v) is 8.87. The van der Waals surface area contributed by atoms with Gasteiger partial charge in [0.15, 0.2) is 0 Å². The molecule has 1 rings (SSSR count). The van der Waals surface area contributed by atoms with E-state index in [-0.39, 0.29) is 11.2 Å². The van der Waals surface area contributed by atoms with Crippen molar-refractivity contribution in [2.75, 3.05) is 6.54 Å². The van der Waals surface area contributed by atoms with Crippen molar-refractivity contribution in [3.05, 3.63) is 0 Å². The fourth-order valence-corrected chi connectivity index (χ4v) is 1.98. The van der Waals surface area contributed by atoms with Gasteiger partial charge < -0.3 is 0 Å². The lowest BCUT2D eigenvalue weighted by molar-refractivity contribution is 0.152. The molecule has 1 heterocycles. The summed E-state index contributed by atoms with van der Waals surface area (Å²) in [5.74, 6) is 0. The first kappa shape index (κ1) is 9.59. The van der Waals surface area contributed by atoms with Gasteiger partial charge >= 0.3 is 0 Å². The molecular weight excluding hydrogens is 183 g/mol. The summed E-state index contributed by atoms with van der Waals surface area (Å²) in [5.41, 5.74) is -0.306. The summed E-state index contributed by atoms with van der Waals surface area (Å²) in [6, 6.07) is 0. The molecule has 0 radical (unpaired) electrons. The molecule has 0 N–H and O–H groups in total. The van der Waals surface area contributed by atoms with Crippen molar-refractivity contribution in [3.63, 3.8) is 0 Å². The molecular formula is C7H14Cl2N2. The van der Waals surface area contributed by atoms with Crippen LogP contribution in [0.3, 0.4) is 0 Å². The first-order valence-corrected chi connectivity index (χ1v) is 4.35. The first-order valence-electron chi connectivity index (χ1n) is 3.68. The Morgan fingerprint density at radius 2 is 1.55 bits per heavy atom. The van der Waals surface area contributed by atoms with Gasteiger partial charge in [-0.1, -0.05) is 0 Å². The van der Waals surface area contributed by atoms with Crippen molar-refractivity contribution in [2.45, 2.75) is 38.9 Å². The Hall–Kier alpha value is 0.500. The summed E-state index contributed by atoms with van der Waals surface area (Å²) < 4.78 is 3.51. The topological polar surface area (TPSA) is 6.48 Å². The highest BCUT2D eigenvalue weighted by molar-refractivity contribution is 6.17. The highest BCUT2D eigenvalue weighted by Crippen LogP contribution is 2.39. The third-order valence-electron chi connectivity index (χ3n) is 2.13. The van der Waals surface area contributed by atoms with Gasteiger partial charge in [0, 0.05) is 12.1 Å². The Balaban J connectivity index is 2.89. The van der Waals surface area contributed by atoms with Crippen LogP contribution in [0.2, 0.25) is 0 Å². The third-order valence-corrected chi connectivity index (χ3v) is 3.54. The smallest absolute Gasteiger partial charge is 0.0969 e. The van der Waals surface area contributed by atoms with Gasteiger partial charge in [0.1, 0.15) is 0 Å². The summed E-state index contributed by atoms with van der Waals surface area (Å²) in [5, 5.41) is 0. The quantitative estimate of drug-likeness (QED) is 0.550. The van der Waals surface area contributed by atoms with Crippen LogP contribution in [-0.2, 0) is 0 Å². The summed E-state index contributed by atoms with van der Waals surface area (Å²) in [6.07, 6.45) is 0. The van der Waals surface area contributed by atoms with Gasteiger partial charge in [0.25, 0.3) is 0 Å². The second kappa shape index (κ2) is 2.49. The average molecular weight is 197 g/mol. The lowest BCUT2D eigenvalue weighted by Crippen LogP contribution is -2.44. The van der Waals surface area contributed by atoms with E-state index in [1.165, 1.54) is 0 Å². The molecule has 1 aliphatic heterocycles. The molecule has 11 heavy (non-hydrogen) atoms. The van der Waals surface area contributed by atoms with Crippen LogP contribution in [0.1, 0.15) is 27.7 Å². The van der Waals surface area contributed by atoms with Crippen molar-refractivity contribution >= 4 is 23.6 Å². The Morgan fingerprint density at radius 1 is 1.09 bits per heavy atom. The van der Waals surface area contributed by atoms with Gasteiger partial charge in [0.05, 0.1) is 5.66 Å². The van der Waals surface area contributed by atoms with Crippen molar-refractivity contribution in [2.24, 2.45) is 0 Å². The normalized spacial score (nSPS) is 31.1. The number of nitrogens with zero attached hydrogens (tertiary/aromatic N) is 2. The standard InChI is InChI=1S/C7H14Cl2N2/c1-6(2)5-10(8)7(3,4)11(6)9/h5H2,1-4H3. The maximum Gasteiger partial charge on any atom is 0.0969 e. The second-order valence-electron chi connectivity index (χ2n) is 4.11. The molecule has 66 valence electrons. The Bertz CT molecular complexity index is 168. The van der Waals surface area contributed by atoms with E-state index in [1.807, 2.05) is 13.8 Å². The summed E-state index contributed by atoms with van der Waals surface area (Å²) in [7, 11) is 0. The molecule has 0 aromatic heterocycles. The van der Waals surface area contributed by atoms with Crippen LogP contribution in [0.5, 0.6) is 0 Å². The van der Waals surface area contributed by atoms with Crippen LogP contribution >= 0.6 is 23.6 Å². The van der Waals surface area contributed by atoms with E-state index >= 15 is 0 Å². The van der Waals surface area contributed by atoms with Gasteiger partial charge in [-0.25, -0.2) is 0 Å². The van der Waals surface area contributed by atoms with E-state index in [4.69, 9.17) is 23.6 Å². The van der Waals surface area contributed by atoms with E-state index in [1.54, 1.807) is 8.84 Å². The van der Waals surface area contributed by atoms with Crippen LogP contribution in [0.25, 0.3) is 0 Å². The monoisotopic (exact) mass is 196 g/mol. The Labute approximate surface area is 78.3 Å². The molecule has 1 saturated heterocycles. The number of hydrogen-bond donors (Lipinski definition) is 0. The van der Waals surface area contributed by atoms with Gasteiger partial charge in [-0.05, 0) is 51.2 Å². The Kier molecular flexibility index (Phi) is 2.17. The maximum absolute atomic E-state index is 6.10. The van der Waals surface area contributed by atoms with Gasteiger partial charge in [0.2, 0.25) is 0 Å². The minimum absolute atomic E-state index is 0.0488. The van der Waals surface area contributed by atoms with Crippen molar-refractivity contribution in [3.8, 4) is 0 Å². The van der Waals surface area contributed by atoms with E-state index in [0.29, 0.717) is 0 Å². The largest absolute Gasteiger partial charge is 0.198 e. The molecule has 4 heteroatoms. The van der Waals surface area contributed by atoms with Crippen molar-refractivity contribution in [1.29, 1.82) is 0 Å². The van der Waals surface area contributed by atoms with Crippen LogP contribution < -0.4 is 0 Å². The molecule has 2 nitrogen and oxygen atoms in total. The molecule has 0 unspecified atom stereocenters. The number of rotatable bonds is 0. The van der Waals surface area contributed by atoms with Crippen LogP contribution in [-0.4, -0.2) is 26.6 Å². The van der Waals surface area contributed by atoms with Crippen LogP contribution in [0.15, 0.2) is 0 Å². The lowest BCUT2D eigenvalue weighted by atomic mass is 10.1. The third kappa shape index (κ3) is 1.37. The SMILES string of the molecule is CC1(C)CN(Cl)C(C)(C)N1Cl. The average Bonchev–Trinajstić information content (AvgIpc) is 1.94. The highest BCUT2D eigenvalue weighted by Gasteiger charge is 2.49. The van der Waals surface area contributed by atoms with Gasteiger partial charge in [-0.2, -0.15) is 8.84 Å². The first-order chi connectivity index (χ1) is 4.78. The van der Waals surface area contributed by atoms with E-state index in [2.05, 4.69) is 13.8 Å². The van der Waals surface area contributed by atoms with Gasteiger partial charge in [-0.15, -0.1) is 0 Å². The fourth-order valence-electron chi connectivity index (χ4n) is 1.43. The molecule has 0 spiro atoms. The summed E-state index contributed by atoms with van der Waals surface area (Å²) in [6.45, 7) is 8.93. The molecule has 0 atom stereocenters. The van der Waals surface area contributed by atoms with Gasteiger partial charge in [-0.3, -0.25) is 0 Å². The molecule has 0 bridgehead atoms. The van der Waals surface area contributed by atoms with E-state index in [9.17, 15) is 0 Å². The molecule has 1 aliphatic rings. The predicted octanol–water partition coefficient (Wildman–Crippen LogP) is 2.43.